The van der Waals surface area contributed by atoms with Crippen LogP contribution in [0, 0.1) is 0 Å². The fraction of sp³-hybridized carbons (Fsp3) is 0.636. The summed E-state index contributed by atoms with van der Waals surface area (Å²) in [4.78, 5) is 24.1. The molecule has 0 aromatic rings. The molecule has 0 aromatic carbocycles. The smallest absolute Gasteiger partial charge is 0.256 e. The molecule has 2 amide bonds. The molecule has 0 spiro atoms. The summed E-state index contributed by atoms with van der Waals surface area (Å²) in [6, 6.07) is 0. The van der Waals surface area contributed by atoms with Crippen LogP contribution in [-0.2, 0) is 9.59 Å². The van der Waals surface area contributed by atoms with Crippen molar-refractivity contribution in [2.75, 3.05) is 13.1 Å². The minimum Gasteiger partial charge on any atom is -0.310 e. The van der Waals surface area contributed by atoms with Crippen molar-refractivity contribution in [1.82, 2.24) is 10.2 Å². The molecular formula is C11H18N2O2. The maximum Gasteiger partial charge on any atom is 0.256 e. The zero-order chi connectivity index (χ0) is 11.6. The number of nitrogens with one attached hydrogen (secondary N) is 1. The van der Waals surface area contributed by atoms with E-state index in [0.29, 0.717) is 18.7 Å². The van der Waals surface area contributed by atoms with Crippen molar-refractivity contribution < 1.29 is 9.59 Å². The summed E-state index contributed by atoms with van der Waals surface area (Å²) in [5.74, 6) is -0.364. The van der Waals surface area contributed by atoms with Crippen LogP contribution in [0.3, 0.4) is 0 Å². The number of likely N-dealkylation sites (tertiary alicyclic amines) is 1. The number of hydrogen-bond donors (Lipinski definition) is 1. The summed E-state index contributed by atoms with van der Waals surface area (Å²) in [7, 11) is 0. The Morgan fingerprint density at radius 1 is 1.40 bits per heavy atom. The molecule has 0 atom stereocenters. The number of hydrogen-bond acceptors (Lipinski definition) is 3. The number of carbonyl (C=O) groups is 2. The van der Waals surface area contributed by atoms with E-state index in [1.54, 1.807) is 0 Å². The van der Waals surface area contributed by atoms with Crippen LogP contribution in [-0.4, -0.2) is 35.3 Å². The molecule has 84 valence electrons. The van der Waals surface area contributed by atoms with E-state index in [2.05, 4.69) is 11.9 Å². The third-order valence-electron chi connectivity index (χ3n) is 2.20. The molecule has 0 saturated carbocycles. The minimum atomic E-state index is -0.226. The fourth-order valence-electron chi connectivity index (χ4n) is 1.43. The number of carbonyl (C=O) groups excluding carboxylic acids is 2. The fourth-order valence-corrected chi connectivity index (χ4v) is 1.43. The van der Waals surface area contributed by atoms with Crippen molar-refractivity contribution in [1.29, 1.82) is 0 Å². The summed E-state index contributed by atoms with van der Waals surface area (Å²) in [5.41, 5.74) is 0.402. The second kappa shape index (κ2) is 4.14. The molecule has 0 radical (unpaired) electrons. The first-order valence-electron chi connectivity index (χ1n) is 5.09. The van der Waals surface area contributed by atoms with Gasteiger partial charge in [-0.05, 0) is 20.8 Å². The van der Waals surface area contributed by atoms with E-state index in [4.69, 9.17) is 0 Å². The lowest BCUT2D eigenvalue weighted by Crippen LogP contribution is -2.42. The minimum absolute atomic E-state index is 0.00281. The van der Waals surface area contributed by atoms with Crippen LogP contribution in [0.5, 0.6) is 0 Å². The molecule has 0 aromatic heterocycles. The molecule has 0 aliphatic carbocycles. The molecular weight excluding hydrogens is 192 g/mol. The van der Waals surface area contributed by atoms with E-state index in [-0.39, 0.29) is 23.8 Å². The summed E-state index contributed by atoms with van der Waals surface area (Å²) in [6.45, 7) is 10.7. The topological polar surface area (TPSA) is 49.4 Å². The van der Waals surface area contributed by atoms with Gasteiger partial charge >= 0.3 is 0 Å². The van der Waals surface area contributed by atoms with Crippen molar-refractivity contribution in [3.05, 3.63) is 12.2 Å². The van der Waals surface area contributed by atoms with Crippen LogP contribution >= 0.6 is 0 Å². The lowest BCUT2D eigenvalue weighted by Gasteiger charge is -2.22. The van der Waals surface area contributed by atoms with E-state index < -0.39 is 0 Å². The van der Waals surface area contributed by atoms with Gasteiger partial charge in [-0.3, -0.25) is 14.5 Å². The third-order valence-corrected chi connectivity index (χ3v) is 2.20. The Bertz CT molecular complexity index is 302. The molecule has 15 heavy (non-hydrogen) atoms. The van der Waals surface area contributed by atoms with Gasteiger partial charge in [-0.25, -0.2) is 0 Å². The largest absolute Gasteiger partial charge is 0.310 e. The van der Waals surface area contributed by atoms with Crippen LogP contribution in [0.4, 0.5) is 0 Å². The van der Waals surface area contributed by atoms with Crippen LogP contribution in [0.25, 0.3) is 0 Å². The predicted octanol–water partition coefficient (Wildman–Crippen LogP) is 0.690. The Labute approximate surface area is 90.3 Å². The molecule has 1 saturated heterocycles. The van der Waals surface area contributed by atoms with Gasteiger partial charge < -0.3 is 5.32 Å². The Balaban J connectivity index is 2.43. The van der Waals surface area contributed by atoms with E-state index in [1.807, 2.05) is 20.8 Å². The standard InChI is InChI=1S/C11H18N2O2/c1-8-7-9(14)13(10(8)15)6-5-12-11(2,3)4/h12H,1,5-7H2,2-4H3. The summed E-state index contributed by atoms with van der Waals surface area (Å²) in [5, 5.41) is 3.23. The molecule has 0 unspecified atom stereocenters. The lowest BCUT2D eigenvalue weighted by molar-refractivity contribution is -0.137. The summed E-state index contributed by atoms with van der Waals surface area (Å²) < 4.78 is 0. The number of nitrogens with zero attached hydrogens (tertiary/aromatic N) is 1. The Kier molecular flexibility index (Phi) is 3.29. The highest BCUT2D eigenvalue weighted by molar-refractivity contribution is 6.12. The van der Waals surface area contributed by atoms with Gasteiger partial charge in [0.15, 0.2) is 0 Å². The average Bonchev–Trinajstić information content (AvgIpc) is 2.29. The van der Waals surface area contributed by atoms with Crippen LogP contribution in [0.15, 0.2) is 12.2 Å². The average molecular weight is 210 g/mol. The lowest BCUT2D eigenvalue weighted by atomic mass is 10.1. The second-order valence-corrected chi connectivity index (χ2v) is 4.81. The molecule has 1 fully saturated rings. The monoisotopic (exact) mass is 210 g/mol. The van der Waals surface area contributed by atoms with Crippen LogP contribution < -0.4 is 5.32 Å². The summed E-state index contributed by atoms with van der Waals surface area (Å²) >= 11 is 0. The van der Waals surface area contributed by atoms with Crippen molar-refractivity contribution in [2.45, 2.75) is 32.7 Å². The second-order valence-electron chi connectivity index (χ2n) is 4.81. The first-order chi connectivity index (χ1) is 6.81. The van der Waals surface area contributed by atoms with Gasteiger partial charge in [0.2, 0.25) is 5.91 Å². The SMILES string of the molecule is C=C1CC(=O)N(CCNC(C)(C)C)C1=O. The zero-order valence-corrected chi connectivity index (χ0v) is 9.59. The van der Waals surface area contributed by atoms with E-state index in [9.17, 15) is 9.59 Å². The van der Waals surface area contributed by atoms with Crippen molar-refractivity contribution in [3.8, 4) is 0 Å². The predicted molar refractivity (Wildman–Crippen MR) is 58.2 cm³/mol. The molecule has 1 rings (SSSR count). The molecule has 4 heteroatoms. The van der Waals surface area contributed by atoms with E-state index in [1.165, 1.54) is 4.90 Å². The highest BCUT2D eigenvalue weighted by Gasteiger charge is 2.31. The first-order valence-corrected chi connectivity index (χ1v) is 5.09. The zero-order valence-electron chi connectivity index (χ0n) is 9.59. The highest BCUT2D eigenvalue weighted by atomic mass is 16.2. The number of imide groups is 1. The van der Waals surface area contributed by atoms with Gasteiger partial charge in [0.05, 0.1) is 6.42 Å². The quantitative estimate of drug-likeness (QED) is 0.551. The van der Waals surface area contributed by atoms with Gasteiger partial charge in [0.1, 0.15) is 0 Å². The van der Waals surface area contributed by atoms with Gasteiger partial charge in [0, 0.05) is 24.2 Å². The Morgan fingerprint density at radius 2 is 2.00 bits per heavy atom. The van der Waals surface area contributed by atoms with E-state index in [0.717, 1.165) is 0 Å². The van der Waals surface area contributed by atoms with Crippen LogP contribution in [0.1, 0.15) is 27.2 Å². The third kappa shape index (κ3) is 3.16. The Morgan fingerprint density at radius 3 is 2.40 bits per heavy atom. The van der Waals surface area contributed by atoms with Gasteiger partial charge in [-0.1, -0.05) is 6.58 Å². The van der Waals surface area contributed by atoms with E-state index >= 15 is 0 Å². The number of amides is 2. The maximum absolute atomic E-state index is 11.4. The van der Waals surface area contributed by atoms with Crippen molar-refractivity contribution in [3.63, 3.8) is 0 Å². The molecule has 4 nitrogen and oxygen atoms in total. The summed E-state index contributed by atoms with van der Waals surface area (Å²) in [6.07, 6.45) is 0.175. The molecule has 0 bridgehead atoms. The molecule has 1 N–H and O–H groups in total. The van der Waals surface area contributed by atoms with Gasteiger partial charge in [-0.15, -0.1) is 0 Å². The molecule has 1 aliphatic heterocycles. The normalized spacial score (nSPS) is 17.8. The Hall–Kier alpha value is -1.16. The maximum atomic E-state index is 11.4. The molecule has 1 heterocycles. The first kappa shape index (κ1) is 11.9. The van der Waals surface area contributed by atoms with Crippen LogP contribution in [0.2, 0.25) is 0 Å². The van der Waals surface area contributed by atoms with Gasteiger partial charge in [0.25, 0.3) is 5.91 Å². The van der Waals surface area contributed by atoms with Crippen molar-refractivity contribution in [2.24, 2.45) is 0 Å². The van der Waals surface area contributed by atoms with Gasteiger partial charge in [-0.2, -0.15) is 0 Å². The number of rotatable bonds is 3. The highest BCUT2D eigenvalue weighted by Crippen LogP contribution is 2.15. The van der Waals surface area contributed by atoms with Crippen molar-refractivity contribution >= 4 is 11.8 Å². The molecule has 1 aliphatic rings.